The van der Waals surface area contributed by atoms with Gasteiger partial charge in [-0.15, -0.1) is 0 Å². The summed E-state index contributed by atoms with van der Waals surface area (Å²) in [5, 5.41) is 8.93. The van der Waals surface area contributed by atoms with Crippen LogP contribution in [-0.4, -0.2) is 23.2 Å². The zero-order valence-corrected chi connectivity index (χ0v) is 7.87. The molecule has 2 aromatic rings. The van der Waals surface area contributed by atoms with E-state index in [1.807, 2.05) is 0 Å². The number of nitrogens with one attached hydrogen (secondary N) is 1. The van der Waals surface area contributed by atoms with Crippen molar-refractivity contribution in [2.24, 2.45) is 0 Å². The Balaban J connectivity index is 2.71. The lowest BCUT2D eigenvalue weighted by atomic mass is 10.2. The fraction of sp³-hybridized carbons (Fsp3) is 0.100. The number of ether oxygens (including phenoxy) is 1. The molecule has 0 unspecified atom stereocenters. The molecule has 0 atom stereocenters. The lowest BCUT2D eigenvalue weighted by Crippen LogP contribution is -1.94. The van der Waals surface area contributed by atoms with E-state index in [4.69, 9.17) is 9.84 Å². The second kappa shape index (κ2) is 3.27. The molecule has 2 N–H and O–H groups in total. The first-order chi connectivity index (χ1) is 7.13. The van der Waals surface area contributed by atoms with Gasteiger partial charge >= 0.3 is 5.97 Å². The Morgan fingerprint density at radius 1 is 1.53 bits per heavy atom. The predicted molar refractivity (Wildman–Crippen MR) is 51.8 cm³/mol. The summed E-state index contributed by atoms with van der Waals surface area (Å²) in [4.78, 5) is 13.2. The number of halogens is 1. The minimum atomic E-state index is -1.12. The first kappa shape index (κ1) is 9.51. The van der Waals surface area contributed by atoms with E-state index in [1.54, 1.807) is 6.07 Å². The number of hydrogen-bond acceptors (Lipinski definition) is 2. The number of methoxy groups -OCH3 is 1. The highest BCUT2D eigenvalue weighted by Crippen LogP contribution is 2.26. The van der Waals surface area contributed by atoms with Gasteiger partial charge in [-0.1, -0.05) is 0 Å². The molecule has 5 heteroatoms. The Bertz CT molecular complexity index is 533. The first-order valence-corrected chi connectivity index (χ1v) is 4.22. The molecule has 0 fully saturated rings. The van der Waals surface area contributed by atoms with Crippen molar-refractivity contribution in [3.63, 3.8) is 0 Å². The number of fused-ring (bicyclic) bond motifs is 1. The molecule has 0 saturated carbocycles. The van der Waals surface area contributed by atoms with Crippen LogP contribution in [0.3, 0.4) is 0 Å². The number of aromatic amines is 1. The van der Waals surface area contributed by atoms with E-state index < -0.39 is 11.8 Å². The monoisotopic (exact) mass is 209 g/mol. The number of rotatable bonds is 2. The maximum atomic E-state index is 13.6. The highest BCUT2D eigenvalue weighted by molar-refractivity contribution is 5.94. The quantitative estimate of drug-likeness (QED) is 0.795. The van der Waals surface area contributed by atoms with E-state index in [-0.39, 0.29) is 16.8 Å². The second-order valence-corrected chi connectivity index (χ2v) is 3.03. The molecule has 0 saturated heterocycles. The second-order valence-electron chi connectivity index (χ2n) is 3.03. The van der Waals surface area contributed by atoms with Crippen LogP contribution in [0.25, 0.3) is 10.9 Å². The topological polar surface area (TPSA) is 62.3 Å². The molecule has 0 amide bonds. The first-order valence-electron chi connectivity index (χ1n) is 4.22. The molecule has 0 bridgehead atoms. The van der Waals surface area contributed by atoms with Crippen molar-refractivity contribution in [2.75, 3.05) is 7.11 Å². The average Bonchev–Trinajstić information content (AvgIpc) is 2.63. The van der Waals surface area contributed by atoms with E-state index in [0.29, 0.717) is 5.52 Å². The molecule has 1 heterocycles. The average molecular weight is 209 g/mol. The number of carboxylic acid groups (broad SMARTS) is 1. The molecule has 0 aliphatic rings. The van der Waals surface area contributed by atoms with Crippen LogP contribution in [-0.2, 0) is 0 Å². The van der Waals surface area contributed by atoms with Crippen molar-refractivity contribution in [3.05, 3.63) is 29.7 Å². The maximum absolute atomic E-state index is 13.6. The highest BCUT2D eigenvalue weighted by Gasteiger charge is 2.13. The number of aromatic nitrogens is 1. The smallest absolute Gasteiger partial charge is 0.352 e. The Hall–Kier alpha value is -2.04. The zero-order chi connectivity index (χ0) is 11.0. The maximum Gasteiger partial charge on any atom is 0.352 e. The molecule has 78 valence electrons. The summed E-state index contributed by atoms with van der Waals surface area (Å²) in [6.07, 6.45) is 0. The van der Waals surface area contributed by atoms with Gasteiger partial charge in [0.25, 0.3) is 0 Å². The van der Waals surface area contributed by atoms with Crippen LogP contribution in [0.5, 0.6) is 5.75 Å². The largest absolute Gasteiger partial charge is 0.494 e. The molecule has 1 aromatic carbocycles. The summed E-state index contributed by atoms with van der Waals surface area (Å²) in [5.41, 5.74) is 0.392. The van der Waals surface area contributed by atoms with Crippen LogP contribution in [0.2, 0.25) is 0 Å². The van der Waals surface area contributed by atoms with Crippen LogP contribution in [0.4, 0.5) is 4.39 Å². The lowest BCUT2D eigenvalue weighted by Gasteiger charge is -2.00. The van der Waals surface area contributed by atoms with E-state index in [0.717, 1.165) is 0 Å². The van der Waals surface area contributed by atoms with E-state index in [1.165, 1.54) is 19.2 Å². The lowest BCUT2D eigenvalue weighted by molar-refractivity contribution is 0.0691. The summed E-state index contributed by atoms with van der Waals surface area (Å²) >= 11 is 0. The number of carbonyl (C=O) groups is 1. The summed E-state index contributed by atoms with van der Waals surface area (Å²) in [6.45, 7) is 0. The van der Waals surface area contributed by atoms with Crippen molar-refractivity contribution >= 4 is 16.9 Å². The normalized spacial score (nSPS) is 10.5. The van der Waals surface area contributed by atoms with Gasteiger partial charge in [0.05, 0.1) is 7.11 Å². The van der Waals surface area contributed by atoms with Gasteiger partial charge < -0.3 is 14.8 Å². The van der Waals surface area contributed by atoms with Crippen molar-refractivity contribution in [1.82, 2.24) is 4.98 Å². The van der Waals surface area contributed by atoms with Gasteiger partial charge in [0, 0.05) is 10.9 Å². The van der Waals surface area contributed by atoms with E-state index in [2.05, 4.69) is 4.98 Å². The Morgan fingerprint density at radius 2 is 2.27 bits per heavy atom. The molecule has 15 heavy (non-hydrogen) atoms. The van der Waals surface area contributed by atoms with Crippen LogP contribution >= 0.6 is 0 Å². The van der Waals surface area contributed by atoms with Crippen LogP contribution in [0.1, 0.15) is 10.5 Å². The standard InChI is InChI=1S/C10H8FNO3/c1-15-8-3-2-6-5(9(8)11)4-7(12-6)10(13)14/h2-4,12H,1H3,(H,13,14). The number of benzene rings is 1. The van der Waals surface area contributed by atoms with Gasteiger partial charge in [0.15, 0.2) is 11.6 Å². The molecular weight excluding hydrogens is 201 g/mol. The number of hydrogen-bond donors (Lipinski definition) is 2. The Morgan fingerprint density at radius 3 is 2.87 bits per heavy atom. The van der Waals surface area contributed by atoms with E-state index in [9.17, 15) is 9.18 Å². The molecule has 2 rings (SSSR count). The van der Waals surface area contributed by atoms with Gasteiger partial charge in [0.2, 0.25) is 0 Å². The fourth-order valence-electron chi connectivity index (χ4n) is 1.42. The SMILES string of the molecule is COc1ccc2[nH]c(C(=O)O)cc2c1F. The van der Waals surface area contributed by atoms with Crippen molar-refractivity contribution in [1.29, 1.82) is 0 Å². The molecule has 0 radical (unpaired) electrons. The summed E-state index contributed by atoms with van der Waals surface area (Å²) in [6, 6.07) is 4.26. The fourth-order valence-corrected chi connectivity index (χ4v) is 1.42. The Labute approximate surface area is 84.3 Å². The van der Waals surface area contributed by atoms with Crippen molar-refractivity contribution < 1.29 is 19.0 Å². The molecular formula is C10H8FNO3. The van der Waals surface area contributed by atoms with Gasteiger partial charge in [-0.3, -0.25) is 0 Å². The third kappa shape index (κ3) is 1.41. The number of H-pyrrole nitrogens is 1. The number of aromatic carboxylic acids is 1. The molecule has 1 aromatic heterocycles. The molecule has 0 spiro atoms. The predicted octanol–water partition coefficient (Wildman–Crippen LogP) is 2.01. The van der Waals surface area contributed by atoms with Crippen molar-refractivity contribution in [2.45, 2.75) is 0 Å². The third-order valence-corrected chi connectivity index (χ3v) is 2.15. The van der Waals surface area contributed by atoms with Crippen molar-refractivity contribution in [3.8, 4) is 5.75 Å². The molecule has 0 aliphatic heterocycles. The van der Waals surface area contributed by atoms with Crippen LogP contribution in [0.15, 0.2) is 18.2 Å². The minimum Gasteiger partial charge on any atom is -0.494 e. The van der Waals surface area contributed by atoms with Gasteiger partial charge in [-0.2, -0.15) is 0 Å². The summed E-state index contributed by atoms with van der Waals surface area (Å²) in [7, 11) is 1.36. The van der Waals surface area contributed by atoms with Crippen LogP contribution in [0, 0.1) is 5.82 Å². The minimum absolute atomic E-state index is 0.0443. The summed E-state index contributed by atoms with van der Waals surface area (Å²) < 4.78 is 18.4. The third-order valence-electron chi connectivity index (χ3n) is 2.15. The van der Waals surface area contributed by atoms with Gasteiger partial charge in [-0.05, 0) is 18.2 Å². The Kier molecular flexibility index (Phi) is 2.07. The highest BCUT2D eigenvalue weighted by atomic mass is 19.1. The molecule has 0 aliphatic carbocycles. The van der Waals surface area contributed by atoms with Crippen LogP contribution < -0.4 is 4.74 Å². The van der Waals surface area contributed by atoms with E-state index >= 15 is 0 Å². The molecule has 4 nitrogen and oxygen atoms in total. The van der Waals surface area contributed by atoms with Gasteiger partial charge in [0.1, 0.15) is 5.69 Å². The van der Waals surface area contributed by atoms with Gasteiger partial charge in [-0.25, -0.2) is 9.18 Å². The summed E-state index contributed by atoms with van der Waals surface area (Å²) in [5.74, 6) is -1.58. The number of carboxylic acids is 1. The zero-order valence-electron chi connectivity index (χ0n) is 7.87.